The first-order valence-corrected chi connectivity index (χ1v) is 17.4. The van der Waals surface area contributed by atoms with Crippen LogP contribution in [0.15, 0.2) is 12.1 Å². The number of rotatable bonds is 4. The molecule has 0 saturated carbocycles. The lowest BCUT2D eigenvalue weighted by atomic mass is 9.75. The fourth-order valence-electron chi connectivity index (χ4n) is 8.17. The first-order valence-electron chi connectivity index (χ1n) is 17.4. The highest BCUT2D eigenvalue weighted by atomic mass is 19.1. The van der Waals surface area contributed by atoms with Gasteiger partial charge in [0.15, 0.2) is 0 Å². The van der Waals surface area contributed by atoms with E-state index in [0.717, 1.165) is 74.5 Å². The quantitative estimate of drug-likeness (QED) is 0.358. The van der Waals surface area contributed by atoms with Crippen LogP contribution in [-0.2, 0) is 19.3 Å². The van der Waals surface area contributed by atoms with E-state index in [1.807, 2.05) is 6.07 Å². The molecular formula is C37H55FN6. The van der Waals surface area contributed by atoms with Crippen LogP contribution in [0.1, 0.15) is 139 Å². The van der Waals surface area contributed by atoms with Gasteiger partial charge in [-0.2, -0.15) is 5.26 Å². The summed E-state index contributed by atoms with van der Waals surface area (Å²) in [4.78, 5) is 15.1. The average Bonchev–Trinajstić information content (AvgIpc) is 3.44. The van der Waals surface area contributed by atoms with E-state index in [0.29, 0.717) is 36.2 Å². The van der Waals surface area contributed by atoms with Crippen LogP contribution in [0, 0.1) is 16.7 Å². The third-order valence-corrected chi connectivity index (χ3v) is 11.5. The summed E-state index contributed by atoms with van der Waals surface area (Å²) in [6.45, 7) is 16.5. The predicted octanol–water partition coefficient (Wildman–Crippen LogP) is 7.90. The molecule has 0 amide bonds. The van der Waals surface area contributed by atoms with Crippen molar-refractivity contribution in [1.82, 2.24) is 14.9 Å². The molecule has 0 radical (unpaired) electrons. The van der Waals surface area contributed by atoms with Gasteiger partial charge in [0.25, 0.3) is 0 Å². The van der Waals surface area contributed by atoms with Crippen molar-refractivity contribution in [3.8, 4) is 6.07 Å². The number of alkyl halides is 1. The molecule has 6 rings (SSSR count). The van der Waals surface area contributed by atoms with Crippen molar-refractivity contribution in [2.24, 2.45) is 5.41 Å². The van der Waals surface area contributed by atoms with Crippen molar-refractivity contribution < 1.29 is 4.39 Å². The molecule has 4 atom stereocenters. The molecule has 3 saturated heterocycles. The average molecular weight is 603 g/mol. The Morgan fingerprint density at radius 3 is 2.55 bits per heavy atom. The molecule has 2 aromatic rings. The summed E-state index contributed by atoms with van der Waals surface area (Å²) >= 11 is 0. The number of nitrogen functional groups attached to an aromatic ring is 1. The lowest BCUT2D eigenvalue weighted by Gasteiger charge is -2.51. The fourth-order valence-corrected chi connectivity index (χ4v) is 8.17. The molecule has 3 aliphatic heterocycles. The van der Waals surface area contributed by atoms with Gasteiger partial charge in [0.1, 0.15) is 23.9 Å². The Kier molecular flexibility index (Phi) is 9.90. The first-order chi connectivity index (χ1) is 21.0. The lowest BCUT2D eigenvalue weighted by Crippen LogP contribution is -2.56. The maximum atomic E-state index is 12.8. The zero-order chi connectivity index (χ0) is 31.6. The fraction of sp³-hybridized carbons (Fsp3) is 0.703. The van der Waals surface area contributed by atoms with Gasteiger partial charge >= 0.3 is 0 Å². The second-order valence-corrected chi connectivity index (χ2v) is 14.8. The van der Waals surface area contributed by atoms with Gasteiger partial charge in [0.2, 0.25) is 0 Å². The van der Waals surface area contributed by atoms with Crippen molar-refractivity contribution in [2.45, 2.75) is 142 Å². The van der Waals surface area contributed by atoms with E-state index in [2.05, 4.69) is 63.5 Å². The van der Waals surface area contributed by atoms with Gasteiger partial charge in [0.05, 0.1) is 11.3 Å². The number of benzene rings is 1. The maximum absolute atomic E-state index is 12.8. The van der Waals surface area contributed by atoms with Crippen molar-refractivity contribution in [3.63, 3.8) is 0 Å². The Labute approximate surface area is 265 Å². The van der Waals surface area contributed by atoms with Crippen molar-refractivity contribution >= 4 is 11.5 Å². The summed E-state index contributed by atoms with van der Waals surface area (Å²) in [6.07, 6.45) is 12.2. The van der Waals surface area contributed by atoms with Gasteiger partial charge in [-0.25, -0.2) is 14.4 Å². The van der Waals surface area contributed by atoms with Gasteiger partial charge in [-0.05, 0) is 93.4 Å². The normalized spacial score (nSPS) is 27.1. The molecule has 4 heterocycles. The molecule has 1 aliphatic carbocycles. The van der Waals surface area contributed by atoms with E-state index in [1.54, 1.807) is 0 Å². The first kappa shape index (κ1) is 32.7. The minimum absolute atomic E-state index is 0.236. The second kappa shape index (κ2) is 13.3. The maximum Gasteiger partial charge on any atom is 0.136 e. The zero-order valence-electron chi connectivity index (χ0n) is 28.2. The summed E-state index contributed by atoms with van der Waals surface area (Å²) in [6, 6.07) is 6.99. The Hall–Kier alpha value is -2.72. The summed E-state index contributed by atoms with van der Waals surface area (Å²) in [5.41, 5.74) is 12.7. The molecule has 1 aromatic carbocycles. The van der Waals surface area contributed by atoms with Crippen LogP contribution in [0.3, 0.4) is 0 Å². The van der Waals surface area contributed by atoms with Gasteiger partial charge in [-0.1, -0.05) is 53.5 Å². The Balaban J connectivity index is 0.000000322. The van der Waals surface area contributed by atoms with Crippen molar-refractivity contribution in [1.29, 1.82) is 5.26 Å². The van der Waals surface area contributed by atoms with Crippen molar-refractivity contribution in [2.75, 3.05) is 30.3 Å². The van der Waals surface area contributed by atoms with E-state index in [-0.39, 0.29) is 11.0 Å². The van der Waals surface area contributed by atoms with E-state index >= 15 is 0 Å². The van der Waals surface area contributed by atoms with Gasteiger partial charge in [-0.3, -0.25) is 4.90 Å². The Morgan fingerprint density at radius 1 is 1.09 bits per heavy atom. The molecule has 4 aliphatic rings. The molecule has 7 heteroatoms. The van der Waals surface area contributed by atoms with Crippen molar-refractivity contribution in [3.05, 3.63) is 45.9 Å². The number of aromatic nitrogens is 2. The van der Waals surface area contributed by atoms with Crippen LogP contribution in [0.5, 0.6) is 0 Å². The van der Waals surface area contributed by atoms with E-state index < -0.39 is 6.17 Å². The molecular weight excluding hydrogens is 547 g/mol. The molecule has 0 spiro atoms. The van der Waals surface area contributed by atoms with Gasteiger partial charge in [-0.15, -0.1) is 0 Å². The van der Waals surface area contributed by atoms with E-state index in [9.17, 15) is 9.65 Å². The largest absolute Gasteiger partial charge is 0.398 e. The monoisotopic (exact) mass is 602 g/mol. The standard InChI is InChI=1S/C29H41N5.C8H14FN/c1-6-27-32-25-17-22-20(13-14-24(31)23(22)18-30)19(3)11-9-8-10-12-21(25)28(33-27)34-16-15-26(34)29(4,5)7-2;1-8-3-2-4-10(8)6-7(9)5-8/h13-14,19,26H,6-12,15-17,31H2,1-5H3;7H,2-6H2,1H3. The number of anilines is 2. The molecule has 4 unspecified atom stereocenters. The molecule has 44 heavy (non-hydrogen) atoms. The number of nitrogens with zero attached hydrogens (tertiary/aromatic N) is 5. The lowest BCUT2D eigenvalue weighted by molar-refractivity contribution is 0.204. The molecule has 1 aromatic heterocycles. The third-order valence-electron chi connectivity index (χ3n) is 11.5. The van der Waals surface area contributed by atoms with Crippen LogP contribution in [0.4, 0.5) is 15.9 Å². The smallest absolute Gasteiger partial charge is 0.136 e. The topological polar surface area (TPSA) is 82.1 Å². The summed E-state index contributed by atoms with van der Waals surface area (Å²) in [7, 11) is 0. The Bertz CT molecular complexity index is 1360. The van der Waals surface area contributed by atoms with Gasteiger partial charge in [0, 0.05) is 48.8 Å². The number of nitrogens with two attached hydrogens (primary N) is 1. The molecule has 240 valence electrons. The minimum Gasteiger partial charge on any atom is -0.398 e. The summed E-state index contributed by atoms with van der Waals surface area (Å²) in [5.74, 6) is 2.46. The Morgan fingerprint density at radius 2 is 1.89 bits per heavy atom. The van der Waals surface area contributed by atoms with Crippen LogP contribution in [0.25, 0.3) is 0 Å². The highest BCUT2D eigenvalue weighted by Crippen LogP contribution is 2.42. The van der Waals surface area contributed by atoms with E-state index in [4.69, 9.17) is 15.7 Å². The zero-order valence-corrected chi connectivity index (χ0v) is 28.2. The van der Waals surface area contributed by atoms with Gasteiger partial charge < -0.3 is 10.6 Å². The number of aryl methyl sites for hydroxylation is 1. The SMILES string of the molecule is CC12CCCN1CC(F)C2.CCc1nc2c(c(N3CCC3C(C)(C)CC)n1)CCCCCC(C)c1ccc(N)c(C#N)c1C2. The molecule has 2 N–H and O–H groups in total. The number of fused-ring (bicyclic) bond motifs is 3. The molecule has 6 nitrogen and oxygen atoms in total. The van der Waals surface area contributed by atoms with Crippen LogP contribution in [0.2, 0.25) is 0 Å². The predicted molar refractivity (Wildman–Crippen MR) is 179 cm³/mol. The molecule has 0 bridgehead atoms. The summed E-state index contributed by atoms with van der Waals surface area (Å²) < 4.78 is 12.8. The number of nitriles is 1. The highest BCUT2D eigenvalue weighted by Gasteiger charge is 2.45. The number of halogens is 1. The second-order valence-electron chi connectivity index (χ2n) is 14.8. The highest BCUT2D eigenvalue weighted by molar-refractivity contribution is 5.63. The number of hydrogen-bond acceptors (Lipinski definition) is 6. The van der Waals surface area contributed by atoms with Crippen LogP contribution in [-0.4, -0.2) is 52.3 Å². The number of hydrogen-bond donors (Lipinski definition) is 1. The minimum atomic E-state index is -0.551. The van der Waals surface area contributed by atoms with Crippen LogP contribution >= 0.6 is 0 Å². The van der Waals surface area contributed by atoms with E-state index in [1.165, 1.54) is 43.2 Å². The van der Waals surface area contributed by atoms with Crippen LogP contribution < -0.4 is 10.6 Å². The third kappa shape index (κ3) is 6.48. The molecule has 3 fully saturated rings. The summed E-state index contributed by atoms with van der Waals surface area (Å²) in [5, 5.41) is 10.0.